The van der Waals surface area contributed by atoms with E-state index in [0.29, 0.717) is 18.8 Å². The number of halogens is 1. The van der Waals surface area contributed by atoms with Gasteiger partial charge in [0.25, 0.3) is 0 Å². The van der Waals surface area contributed by atoms with Crippen molar-refractivity contribution in [2.45, 2.75) is 70.2 Å². The lowest BCUT2D eigenvalue weighted by Gasteiger charge is -2.46. The normalized spacial score (nSPS) is 19.4. The number of aliphatic hydroxyl groups is 1. The Bertz CT molecular complexity index is 2030. The van der Waals surface area contributed by atoms with E-state index >= 15 is 4.39 Å². The minimum Gasteiger partial charge on any atom is -0.488 e. The maximum Gasteiger partial charge on any atom is 0.132 e. The van der Waals surface area contributed by atoms with E-state index in [9.17, 15) is 5.11 Å². The molecule has 6 aromatic carbocycles. The summed E-state index contributed by atoms with van der Waals surface area (Å²) in [5.41, 5.74) is 5.49. The molecule has 5 atom stereocenters. The summed E-state index contributed by atoms with van der Waals surface area (Å²) >= 11 is 0. The van der Waals surface area contributed by atoms with Crippen molar-refractivity contribution in [1.82, 2.24) is 0 Å². The Balaban J connectivity index is 1.30. The van der Waals surface area contributed by atoms with Crippen LogP contribution in [0.1, 0.15) is 45.0 Å². The summed E-state index contributed by atoms with van der Waals surface area (Å²) in [6.45, 7) is 1.00. The van der Waals surface area contributed by atoms with Gasteiger partial charge in [-0.05, 0) is 33.9 Å². The monoisotopic (exact) mass is 754 g/mol. The van der Waals surface area contributed by atoms with Gasteiger partial charge in [0.05, 0.1) is 39.6 Å². The van der Waals surface area contributed by atoms with Crippen LogP contribution in [-0.4, -0.2) is 36.1 Å². The molecule has 0 aliphatic carbocycles. The number of benzene rings is 6. The highest BCUT2D eigenvalue weighted by Gasteiger charge is 2.50. The zero-order chi connectivity index (χ0) is 38.4. The predicted octanol–water partition coefficient (Wildman–Crippen LogP) is 9.31. The van der Waals surface area contributed by atoms with Crippen LogP contribution in [0, 0.1) is 5.82 Å². The molecule has 0 bridgehead atoms. The predicted molar refractivity (Wildman–Crippen MR) is 212 cm³/mol. The minimum absolute atomic E-state index is 0.110. The van der Waals surface area contributed by atoms with Crippen LogP contribution >= 0.6 is 0 Å². The standard InChI is InChI=1S/C48H47FO7/c49-42-27-43(52-30-36-18-8-2-9-19-36)41(26-40(42)28-50)45-47(54-32-38-22-12-4-13-23-38)48(55-33-39-24-14-5-15-25-39)46(53-31-37-20-10-3-11-21-37)44(56-45)34-51-29-35-16-6-1-7-17-35/h1-27,44-48,50H,28-34H2/t44-,45?,46-,47+,48+/m1/s1. The molecule has 0 saturated carbocycles. The van der Waals surface area contributed by atoms with Crippen LogP contribution in [0.4, 0.5) is 4.39 Å². The Morgan fingerprint density at radius 1 is 0.500 bits per heavy atom. The van der Waals surface area contributed by atoms with Crippen LogP contribution in [0.25, 0.3) is 0 Å². The summed E-state index contributed by atoms with van der Waals surface area (Å²) in [5.74, 6) is -0.308. The molecule has 7 rings (SSSR count). The van der Waals surface area contributed by atoms with Crippen LogP contribution in [0.3, 0.4) is 0 Å². The summed E-state index contributed by atoms with van der Waals surface area (Å²) in [4.78, 5) is 0. The Labute approximate surface area is 328 Å². The quantitative estimate of drug-likeness (QED) is 0.0938. The SMILES string of the molecule is OCc1cc(C2O[C@H](COCc3ccccc3)[C@@H](OCc3ccccc3)[C@H](OCc3ccccc3)[C@H]2OCc2ccccc2)c(OCc2ccccc2)cc1F. The first-order valence-electron chi connectivity index (χ1n) is 19.0. The molecular weight excluding hydrogens is 708 g/mol. The van der Waals surface area contributed by atoms with E-state index in [2.05, 4.69) is 0 Å². The van der Waals surface area contributed by atoms with Crippen LogP contribution < -0.4 is 4.74 Å². The number of hydrogen-bond donors (Lipinski definition) is 1. The van der Waals surface area contributed by atoms with Gasteiger partial charge in [-0.3, -0.25) is 0 Å². The first-order valence-corrected chi connectivity index (χ1v) is 19.0. The zero-order valence-electron chi connectivity index (χ0n) is 31.2. The van der Waals surface area contributed by atoms with Crippen molar-refractivity contribution < 1.29 is 37.9 Å². The van der Waals surface area contributed by atoms with Crippen molar-refractivity contribution in [2.24, 2.45) is 0 Å². The number of rotatable bonds is 18. The van der Waals surface area contributed by atoms with E-state index in [1.165, 1.54) is 6.07 Å². The average Bonchev–Trinajstić information content (AvgIpc) is 3.25. The first-order chi connectivity index (χ1) is 27.6. The molecular formula is C48H47FO7. The largest absolute Gasteiger partial charge is 0.488 e. The molecule has 6 aromatic rings. The van der Waals surface area contributed by atoms with Gasteiger partial charge in [-0.25, -0.2) is 4.39 Å². The fourth-order valence-corrected chi connectivity index (χ4v) is 6.86. The van der Waals surface area contributed by atoms with E-state index in [4.69, 9.17) is 28.4 Å². The van der Waals surface area contributed by atoms with Crippen LogP contribution in [-0.2, 0) is 63.3 Å². The summed E-state index contributed by atoms with van der Waals surface area (Å²) in [6, 6.07) is 52.3. The lowest BCUT2D eigenvalue weighted by molar-refractivity contribution is -0.275. The highest BCUT2D eigenvalue weighted by molar-refractivity contribution is 5.41. The van der Waals surface area contributed by atoms with Gasteiger partial charge in [-0.1, -0.05) is 152 Å². The Hall–Kier alpha value is -5.19. The molecule has 1 saturated heterocycles. The van der Waals surface area contributed by atoms with Crippen molar-refractivity contribution in [1.29, 1.82) is 0 Å². The van der Waals surface area contributed by atoms with Gasteiger partial charge in [0.2, 0.25) is 0 Å². The Kier molecular flexibility index (Phi) is 14.0. The average molecular weight is 755 g/mol. The van der Waals surface area contributed by atoms with E-state index in [0.717, 1.165) is 27.8 Å². The van der Waals surface area contributed by atoms with E-state index < -0.39 is 42.9 Å². The summed E-state index contributed by atoms with van der Waals surface area (Å²) in [6.07, 6.45) is -3.64. The van der Waals surface area contributed by atoms with E-state index in [-0.39, 0.29) is 37.7 Å². The van der Waals surface area contributed by atoms with Gasteiger partial charge < -0.3 is 33.5 Å². The number of aliphatic hydroxyl groups excluding tert-OH is 1. The molecule has 0 spiro atoms. The third-order valence-corrected chi connectivity index (χ3v) is 9.78. The topological polar surface area (TPSA) is 75.6 Å². The second-order valence-electron chi connectivity index (χ2n) is 13.8. The molecule has 0 amide bonds. The smallest absolute Gasteiger partial charge is 0.132 e. The molecule has 0 radical (unpaired) electrons. The molecule has 56 heavy (non-hydrogen) atoms. The highest BCUT2D eigenvalue weighted by Crippen LogP contribution is 2.43. The highest BCUT2D eigenvalue weighted by atomic mass is 19.1. The second kappa shape index (κ2) is 20.1. The van der Waals surface area contributed by atoms with Crippen molar-refractivity contribution in [2.75, 3.05) is 6.61 Å². The second-order valence-corrected chi connectivity index (χ2v) is 13.8. The van der Waals surface area contributed by atoms with Gasteiger partial charge in [0.1, 0.15) is 48.7 Å². The lowest BCUT2D eigenvalue weighted by Crippen LogP contribution is -2.58. The van der Waals surface area contributed by atoms with Crippen LogP contribution in [0.2, 0.25) is 0 Å². The molecule has 1 aliphatic rings. The van der Waals surface area contributed by atoms with Crippen molar-refractivity contribution in [3.05, 3.63) is 209 Å². The molecule has 1 heterocycles. The zero-order valence-corrected chi connectivity index (χ0v) is 31.2. The van der Waals surface area contributed by atoms with Gasteiger partial charge in [-0.2, -0.15) is 0 Å². The summed E-state index contributed by atoms with van der Waals surface area (Å²) in [5, 5.41) is 10.3. The van der Waals surface area contributed by atoms with Gasteiger partial charge in [0, 0.05) is 17.2 Å². The van der Waals surface area contributed by atoms with Crippen molar-refractivity contribution >= 4 is 0 Å². The summed E-state index contributed by atoms with van der Waals surface area (Å²) in [7, 11) is 0. The molecule has 0 aromatic heterocycles. The lowest BCUT2D eigenvalue weighted by atomic mass is 9.89. The van der Waals surface area contributed by atoms with Crippen molar-refractivity contribution in [3.63, 3.8) is 0 Å². The molecule has 288 valence electrons. The summed E-state index contributed by atoms with van der Waals surface area (Å²) < 4.78 is 56.0. The minimum atomic E-state index is -0.849. The molecule has 7 nitrogen and oxygen atoms in total. The Morgan fingerprint density at radius 3 is 1.41 bits per heavy atom. The number of hydrogen-bond acceptors (Lipinski definition) is 7. The van der Waals surface area contributed by atoms with Gasteiger partial charge in [-0.15, -0.1) is 0 Å². The first kappa shape index (κ1) is 39.1. The number of ether oxygens (including phenoxy) is 6. The maximum atomic E-state index is 15.5. The van der Waals surface area contributed by atoms with Gasteiger partial charge >= 0.3 is 0 Å². The Morgan fingerprint density at radius 2 is 0.929 bits per heavy atom. The molecule has 8 heteroatoms. The van der Waals surface area contributed by atoms with Crippen LogP contribution in [0.15, 0.2) is 164 Å². The third kappa shape index (κ3) is 10.6. The maximum absolute atomic E-state index is 15.5. The van der Waals surface area contributed by atoms with Crippen LogP contribution in [0.5, 0.6) is 5.75 Å². The molecule has 1 aliphatic heterocycles. The fraction of sp³-hybridized carbons (Fsp3) is 0.250. The van der Waals surface area contributed by atoms with E-state index in [1.807, 2.05) is 152 Å². The molecule has 1 N–H and O–H groups in total. The third-order valence-electron chi connectivity index (χ3n) is 9.78. The molecule has 1 unspecified atom stereocenters. The molecule has 1 fully saturated rings. The fourth-order valence-electron chi connectivity index (χ4n) is 6.86. The van der Waals surface area contributed by atoms with Crippen molar-refractivity contribution in [3.8, 4) is 5.75 Å². The van der Waals surface area contributed by atoms with E-state index in [1.54, 1.807) is 6.07 Å². The van der Waals surface area contributed by atoms with Gasteiger partial charge in [0.15, 0.2) is 0 Å².